The maximum absolute atomic E-state index is 13.2. The van der Waals surface area contributed by atoms with Crippen molar-refractivity contribution < 1.29 is 4.79 Å². The van der Waals surface area contributed by atoms with E-state index in [-0.39, 0.29) is 11.9 Å². The average molecular weight is 346 g/mol. The highest BCUT2D eigenvalue weighted by Gasteiger charge is 2.35. The summed E-state index contributed by atoms with van der Waals surface area (Å²) in [6, 6.07) is 4.67. The minimum absolute atomic E-state index is 0.0638. The molecule has 0 aliphatic carbocycles. The molecule has 1 aromatic rings. The van der Waals surface area contributed by atoms with Crippen LogP contribution in [0, 0.1) is 11.8 Å². The van der Waals surface area contributed by atoms with Crippen LogP contribution in [0.2, 0.25) is 0 Å². The van der Waals surface area contributed by atoms with E-state index in [1.54, 1.807) is 0 Å². The van der Waals surface area contributed by atoms with Crippen LogP contribution in [0.25, 0.3) is 0 Å². The highest BCUT2D eigenvalue weighted by atomic mass is 16.2. The molecule has 0 unspecified atom stereocenters. The van der Waals surface area contributed by atoms with E-state index in [0.29, 0.717) is 17.9 Å². The fraction of sp³-hybridized carbons (Fsp3) is 0.762. The van der Waals surface area contributed by atoms with Crippen LogP contribution in [-0.4, -0.2) is 53.0 Å². The summed E-state index contributed by atoms with van der Waals surface area (Å²) in [5.41, 5.74) is 0. The number of rotatable bonds is 6. The molecule has 4 heteroatoms. The van der Waals surface area contributed by atoms with Crippen LogP contribution in [-0.2, 0) is 4.79 Å². The molecular formula is C21H35N3O. The maximum Gasteiger partial charge on any atom is 0.245 e. The van der Waals surface area contributed by atoms with Crippen molar-refractivity contribution >= 4 is 5.91 Å². The van der Waals surface area contributed by atoms with Gasteiger partial charge in [0.1, 0.15) is 6.04 Å². The summed E-state index contributed by atoms with van der Waals surface area (Å²) in [4.78, 5) is 17.9. The lowest BCUT2D eigenvalue weighted by molar-refractivity contribution is -0.135. The van der Waals surface area contributed by atoms with Crippen molar-refractivity contribution in [3.05, 3.63) is 24.5 Å². The summed E-state index contributed by atoms with van der Waals surface area (Å²) in [7, 11) is 2.01. The van der Waals surface area contributed by atoms with Gasteiger partial charge in [-0.15, -0.1) is 0 Å². The summed E-state index contributed by atoms with van der Waals surface area (Å²) < 4.78 is 2.09. The molecule has 3 heterocycles. The first-order valence-corrected chi connectivity index (χ1v) is 10.2. The SMILES string of the molecule is CC(C)C[C@H](C(=O)N(C)C[C@@H]1CCCN2CCCC[C@H]12)n1cccc1. The van der Waals surface area contributed by atoms with E-state index in [2.05, 4.69) is 23.3 Å². The van der Waals surface area contributed by atoms with Crippen molar-refractivity contribution in [2.75, 3.05) is 26.7 Å². The molecule has 0 aromatic carbocycles. The normalized spacial score (nSPS) is 25.6. The van der Waals surface area contributed by atoms with Crippen LogP contribution in [0.15, 0.2) is 24.5 Å². The number of carbonyl (C=O) groups excluding carboxylic acids is 1. The molecule has 1 aromatic heterocycles. The second kappa shape index (κ2) is 8.39. The molecule has 3 atom stereocenters. The standard InChI is InChI=1S/C21H35N3O/c1-17(2)15-20(24-12-6-7-13-24)21(25)22(3)16-18-9-8-14-23-11-5-4-10-19(18)23/h6-7,12-13,17-20H,4-5,8-11,14-16H2,1-3H3/t18-,19+,20+/m0/s1. The van der Waals surface area contributed by atoms with Gasteiger partial charge in [0.05, 0.1) is 0 Å². The molecule has 0 bridgehead atoms. The molecular weight excluding hydrogens is 310 g/mol. The van der Waals surface area contributed by atoms with Gasteiger partial charge in [-0.05, 0) is 69.2 Å². The predicted molar refractivity (Wildman–Crippen MR) is 102 cm³/mol. The van der Waals surface area contributed by atoms with Gasteiger partial charge in [-0.3, -0.25) is 4.79 Å². The number of hydrogen-bond acceptors (Lipinski definition) is 2. The highest BCUT2D eigenvalue weighted by Crippen LogP contribution is 2.32. The minimum atomic E-state index is -0.0638. The Morgan fingerprint density at radius 2 is 1.84 bits per heavy atom. The van der Waals surface area contributed by atoms with E-state index in [1.807, 2.05) is 36.5 Å². The summed E-state index contributed by atoms with van der Waals surface area (Å²) in [5, 5.41) is 0. The number of carbonyl (C=O) groups is 1. The van der Waals surface area contributed by atoms with E-state index in [0.717, 1.165) is 13.0 Å². The van der Waals surface area contributed by atoms with Crippen molar-refractivity contribution in [3.63, 3.8) is 0 Å². The van der Waals surface area contributed by atoms with Gasteiger partial charge in [-0.2, -0.15) is 0 Å². The molecule has 0 saturated carbocycles. The number of nitrogens with zero attached hydrogens (tertiary/aromatic N) is 3. The Balaban J connectivity index is 1.66. The van der Waals surface area contributed by atoms with Gasteiger partial charge in [-0.1, -0.05) is 20.3 Å². The van der Waals surface area contributed by atoms with Crippen LogP contribution in [0.3, 0.4) is 0 Å². The largest absolute Gasteiger partial charge is 0.344 e. The number of aromatic nitrogens is 1. The van der Waals surface area contributed by atoms with Crippen LogP contribution < -0.4 is 0 Å². The Bertz CT molecular complexity index is 537. The smallest absolute Gasteiger partial charge is 0.245 e. The Labute approximate surface area is 153 Å². The van der Waals surface area contributed by atoms with Crippen LogP contribution in [0.1, 0.15) is 58.4 Å². The first kappa shape index (κ1) is 18.5. The molecule has 2 fully saturated rings. The molecule has 3 rings (SSSR count). The fourth-order valence-corrected chi connectivity index (χ4v) is 4.84. The van der Waals surface area contributed by atoms with Crippen molar-refractivity contribution in [1.29, 1.82) is 0 Å². The molecule has 0 N–H and O–H groups in total. The van der Waals surface area contributed by atoms with Crippen LogP contribution >= 0.6 is 0 Å². The number of hydrogen-bond donors (Lipinski definition) is 0. The molecule has 2 aliphatic rings. The van der Waals surface area contributed by atoms with Gasteiger partial charge >= 0.3 is 0 Å². The van der Waals surface area contributed by atoms with Crippen molar-refractivity contribution in [2.24, 2.45) is 11.8 Å². The quantitative estimate of drug-likeness (QED) is 0.784. The third-order valence-corrected chi connectivity index (χ3v) is 6.08. The zero-order valence-corrected chi connectivity index (χ0v) is 16.2. The second-order valence-corrected chi connectivity index (χ2v) is 8.50. The van der Waals surface area contributed by atoms with Crippen molar-refractivity contribution in [2.45, 2.75) is 64.5 Å². The fourth-order valence-electron chi connectivity index (χ4n) is 4.84. The molecule has 2 saturated heterocycles. The topological polar surface area (TPSA) is 28.5 Å². The van der Waals surface area contributed by atoms with Crippen molar-refractivity contribution in [3.8, 4) is 0 Å². The summed E-state index contributed by atoms with van der Waals surface area (Å²) in [5.74, 6) is 1.43. The molecule has 140 valence electrons. The van der Waals surface area contributed by atoms with Gasteiger partial charge in [0.15, 0.2) is 0 Å². The minimum Gasteiger partial charge on any atom is -0.344 e. The lowest BCUT2D eigenvalue weighted by Gasteiger charge is -2.45. The molecule has 4 nitrogen and oxygen atoms in total. The molecule has 0 radical (unpaired) electrons. The van der Waals surface area contributed by atoms with Gasteiger partial charge in [0, 0.05) is 32.0 Å². The predicted octanol–water partition coefficient (Wildman–Crippen LogP) is 3.80. The molecule has 2 aliphatic heterocycles. The van der Waals surface area contributed by atoms with E-state index in [9.17, 15) is 4.79 Å². The van der Waals surface area contributed by atoms with Gasteiger partial charge in [0.25, 0.3) is 0 Å². The number of fused-ring (bicyclic) bond motifs is 1. The Morgan fingerprint density at radius 1 is 1.12 bits per heavy atom. The lowest BCUT2D eigenvalue weighted by Crippen LogP contribution is -2.51. The van der Waals surface area contributed by atoms with Crippen LogP contribution in [0.5, 0.6) is 0 Å². The molecule has 25 heavy (non-hydrogen) atoms. The summed E-state index contributed by atoms with van der Waals surface area (Å²) in [6.45, 7) is 7.84. The van der Waals surface area contributed by atoms with E-state index in [4.69, 9.17) is 0 Å². The second-order valence-electron chi connectivity index (χ2n) is 8.50. The zero-order chi connectivity index (χ0) is 17.8. The Kier molecular flexibility index (Phi) is 6.21. The van der Waals surface area contributed by atoms with Crippen molar-refractivity contribution in [1.82, 2.24) is 14.4 Å². The third kappa shape index (κ3) is 4.46. The Morgan fingerprint density at radius 3 is 2.56 bits per heavy atom. The van der Waals surface area contributed by atoms with Crippen LogP contribution in [0.4, 0.5) is 0 Å². The van der Waals surface area contributed by atoms with E-state index in [1.165, 1.54) is 45.2 Å². The third-order valence-electron chi connectivity index (χ3n) is 6.08. The summed E-state index contributed by atoms with van der Waals surface area (Å²) in [6.07, 6.45) is 11.5. The molecule has 1 amide bonds. The summed E-state index contributed by atoms with van der Waals surface area (Å²) >= 11 is 0. The number of likely N-dealkylation sites (N-methyl/N-ethyl adjacent to an activating group) is 1. The zero-order valence-electron chi connectivity index (χ0n) is 16.2. The number of piperidine rings is 2. The molecule has 0 spiro atoms. The first-order valence-electron chi connectivity index (χ1n) is 10.2. The van der Waals surface area contributed by atoms with Gasteiger partial charge < -0.3 is 14.4 Å². The lowest BCUT2D eigenvalue weighted by atomic mass is 9.83. The van der Waals surface area contributed by atoms with E-state index >= 15 is 0 Å². The number of amides is 1. The maximum atomic E-state index is 13.2. The Hall–Kier alpha value is -1.29. The van der Waals surface area contributed by atoms with Gasteiger partial charge in [-0.25, -0.2) is 0 Å². The average Bonchev–Trinajstić information content (AvgIpc) is 3.13. The highest BCUT2D eigenvalue weighted by molar-refractivity contribution is 5.80. The monoisotopic (exact) mass is 345 g/mol. The first-order chi connectivity index (χ1) is 12.1. The van der Waals surface area contributed by atoms with Gasteiger partial charge in [0.2, 0.25) is 5.91 Å². The van der Waals surface area contributed by atoms with E-state index < -0.39 is 0 Å².